The van der Waals surface area contributed by atoms with Gasteiger partial charge in [0.15, 0.2) is 0 Å². The van der Waals surface area contributed by atoms with E-state index in [2.05, 4.69) is 10.0 Å². The minimum atomic E-state index is -4.53. The van der Waals surface area contributed by atoms with E-state index < -0.39 is 27.7 Å². The number of anilines is 1. The van der Waals surface area contributed by atoms with Crippen molar-refractivity contribution in [1.29, 1.82) is 5.26 Å². The largest absolute Gasteiger partial charge is 0.416 e. The van der Waals surface area contributed by atoms with Gasteiger partial charge >= 0.3 is 6.18 Å². The zero-order valence-corrected chi connectivity index (χ0v) is 14.6. The quantitative estimate of drug-likeness (QED) is 0.732. The van der Waals surface area contributed by atoms with E-state index in [1.54, 1.807) is 6.07 Å². The van der Waals surface area contributed by atoms with Gasteiger partial charge < -0.3 is 5.32 Å². The van der Waals surface area contributed by atoms with Crippen LogP contribution in [0, 0.1) is 11.3 Å². The van der Waals surface area contributed by atoms with Crippen LogP contribution < -0.4 is 10.0 Å². The summed E-state index contributed by atoms with van der Waals surface area (Å²) in [5.41, 5.74) is -0.863. The molecule has 0 unspecified atom stereocenters. The predicted molar refractivity (Wildman–Crippen MR) is 91.3 cm³/mol. The molecule has 2 N–H and O–H groups in total. The van der Waals surface area contributed by atoms with Gasteiger partial charge in [0.2, 0.25) is 10.0 Å². The summed E-state index contributed by atoms with van der Waals surface area (Å²) in [5.74, 6) is -0.685. The molecule has 27 heavy (non-hydrogen) atoms. The molecule has 0 aliphatic rings. The highest BCUT2D eigenvalue weighted by molar-refractivity contribution is 7.89. The summed E-state index contributed by atoms with van der Waals surface area (Å²) in [7, 11) is -3.81. The van der Waals surface area contributed by atoms with Crippen LogP contribution in [-0.4, -0.2) is 20.9 Å². The van der Waals surface area contributed by atoms with Crippen molar-refractivity contribution in [2.45, 2.75) is 17.5 Å². The Morgan fingerprint density at radius 1 is 1.11 bits per heavy atom. The summed E-state index contributed by atoms with van der Waals surface area (Å²) >= 11 is 0. The molecule has 0 radical (unpaired) electrons. The summed E-state index contributed by atoms with van der Waals surface area (Å²) in [6.45, 7) is -0.0450. The molecule has 0 saturated carbocycles. The van der Waals surface area contributed by atoms with Gasteiger partial charge in [-0.15, -0.1) is 0 Å². The topological polar surface area (TPSA) is 99.1 Å². The maximum absolute atomic E-state index is 12.7. The number of halogens is 3. The first kappa shape index (κ1) is 20.4. The Kier molecular flexibility index (Phi) is 6.20. The van der Waals surface area contributed by atoms with Crippen LogP contribution in [0.1, 0.15) is 22.3 Å². The highest BCUT2D eigenvalue weighted by atomic mass is 32.2. The molecule has 1 amide bonds. The van der Waals surface area contributed by atoms with E-state index in [-0.39, 0.29) is 29.1 Å². The third kappa shape index (κ3) is 5.54. The van der Waals surface area contributed by atoms with E-state index in [4.69, 9.17) is 5.26 Å². The molecule has 10 heteroatoms. The Bertz CT molecular complexity index is 965. The van der Waals surface area contributed by atoms with Gasteiger partial charge in [-0.05, 0) is 42.5 Å². The van der Waals surface area contributed by atoms with Crippen molar-refractivity contribution in [2.75, 3.05) is 11.9 Å². The van der Waals surface area contributed by atoms with Gasteiger partial charge in [0.1, 0.15) is 0 Å². The molecule has 2 rings (SSSR count). The van der Waals surface area contributed by atoms with Crippen molar-refractivity contribution >= 4 is 21.6 Å². The zero-order valence-electron chi connectivity index (χ0n) is 13.7. The number of hydrogen-bond donors (Lipinski definition) is 2. The number of carbonyl (C=O) groups is 1. The van der Waals surface area contributed by atoms with Crippen molar-refractivity contribution in [3.63, 3.8) is 0 Å². The summed E-state index contributed by atoms with van der Waals surface area (Å²) in [4.78, 5) is 12.1. The Labute approximate surface area is 153 Å². The average molecular weight is 397 g/mol. The molecule has 0 bridgehead atoms. The van der Waals surface area contributed by atoms with E-state index in [0.717, 1.165) is 12.1 Å². The van der Waals surface area contributed by atoms with Gasteiger partial charge in [-0.3, -0.25) is 4.79 Å². The molecule has 2 aromatic rings. The van der Waals surface area contributed by atoms with E-state index >= 15 is 0 Å². The highest BCUT2D eigenvalue weighted by Crippen LogP contribution is 2.30. The standard InChI is InChI=1S/C17H14F3N3O3S/c18-17(19,20)13-3-1-4-14(11-13)23-16(24)12-5-7-15(8-6-12)27(25,26)22-10-2-9-21/h1,3-8,11,22H,2,10H2,(H,23,24). The monoisotopic (exact) mass is 397 g/mol. The molecule has 142 valence electrons. The molecule has 2 aromatic carbocycles. The second-order valence-electron chi connectivity index (χ2n) is 5.36. The van der Waals surface area contributed by atoms with Crippen LogP contribution in [0.5, 0.6) is 0 Å². The molecule has 0 fully saturated rings. The van der Waals surface area contributed by atoms with Gasteiger partial charge in [-0.2, -0.15) is 18.4 Å². The number of sulfonamides is 1. The maximum atomic E-state index is 12.7. The van der Waals surface area contributed by atoms with Crippen LogP contribution in [-0.2, 0) is 16.2 Å². The van der Waals surface area contributed by atoms with Crippen LogP contribution in [0.2, 0.25) is 0 Å². The van der Waals surface area contributed by atoms with E-state index in [1.165, 1.54) is 36.4 Å². The number of nitrogens with one attached hydrogen (secondary N) is 2. The predicted octanol–water partition coefficient (Wildman–Crippen LogP) is 3.15. The first-order valence-electron chi connectivity index (χ1n) is 7.59. The van der Waals surface area contributed by atoms with Gasteiger partial charge in [0.05, 0.1) is 16.5 Å². The smallest absolute Gasteiger partial charge is 0.322 e. The number of rotatable bonds is 6. The fourth-order valence-electron chi connectivity index (χ4n) is 2.09. The van der Waals surface area contributed by atoms with Crippen molar-refractivity contribution in [3.05, 3.63) is 59.7 Å². The molecule has 0 saturated heterocycles. The Morgan fingerprint density at radius 2 is 1.78 bits per heavy atom. The molecule has 0 aliphatic heterocycles. The van der Waals surface area contributed by atoms with E-state index in [0.29, 0.717) is 0 Å². The average Bonchev–Trinajstić information content (AvgIpc) is 2.61. The Balaban J connectivity index is 2.11. The fraction of sp³-hybridized carbons (Fsp3) is 0.176. The van der Waals surface area contributed by atoms with Gasteiger partial charge in [-0.1, -0.05) is 6.07 Å². The summed E-state index contributed by atoms with van der Waals surface area (Å²) < 4.78 is 64.3. The molecule has 0 heterocycles. The number of hydrogen-bond acceptors (Lipinski definition) is 4. The van der Waals surface area contributed by atoms with Gasteiger partial charge in [0.25, 0.3) is 5.91 Å². The van der Waals surface area contributed by atoms with Crippen LogP contribution in [0.15, 0.2) is 53.4 Å². The third-order valence-electron chi connectivity index (χ3n) is 3.40. The van der Waals surface area contributed by atoms with Gasteiger partial charge in [0, 0.05) is 24.2 Å². The minimum Gasteiger partial charge on any atom is -0.322 e. The number of amides is 1. The molecule has 0 atom stereocenters. The number of nitrogens with zero attached hydrogens (tertiary/aromatic N) is 1. The van der Waals surface area contributed by atoms with Crippen molar-refractivity contribution in [1.82, 2.24) is 4.72 Å². The van der Waals surface area contributed by atoms with Crippen LogP contribution in [0.4, 0.5) is 18.9 Å². The second-order valence-corrected chi connectivity index (χ2v) is 7.13. The summed E-state index contributed by atoms with van der Waals surface area (Å²) in [6, 6.07) is 10.8. The molecular formula is C17H14F3N3O3S. The van der Waals surface area contributed by atoms with Crippen LogP contribution in [0.3, 0.4) is 0 Å². The lowest BCUT2D eigenvalue weighted by molar-refractivity contribution is -0.137. The number of nitriles is 1. The molecule has 0 spiro atoms. The number of benzene rings is 2. The Hall–Kier alpha value is -2.90. The van der Waals surface area contributed by atoms with Crippen molar-refractivity contribution in [3.8, 4) is 6.07 Å². The summed E-state index contributed by atoms with van der Waals surface area (Å²) in [6.07, 6.45) is -4.52. The molecule has 0 aliphatic carbocycles. The SMILES string of the molecule is N#CCCNS(=O)(=O)c1ccc(C(=O)Nc2cccc(C(F)(F)F)c2)cc1. The lowest BCUT2D eigenvalue weighted by Gasteiger charge is -2.10. The molecule has 0 aromatic heterocycles. The fourth-order valence-corrected chi connectivity index (χ4v) is 3.12. The van der Waals surface area contributed by atoms with Gasteiger partial charge in [-0.25, -0.2) is 13.1 Å². The second kappa shape index (κ2) is 8.20. The van der Waals surface area contributed by atoms with Crippen molar-refractivity contribution < 1.29 is 26.4 Å². The zero-order chi connectivity index (χ0) is 20.1. The highest BCUT2D eigenvalue weighted by Gasteiger charge is 2.30. The first-order chi connectivity index (χ1) is 12.6. The normalized spacial score (nSPS) is 11.6. The van der Waals surface area contributed by atoms with E-state index in [1.807, 2.05) is 0 Å². The number of carbonyl (C=O) groups excluding carboxylic acids is 1. The molecule has 6 nitrogen and oxygen atoms in total. The summed E-state index contributed by atoms with van der Waals surface area (Å²) in [5, 5.41) is 10.8. The third-order valence-corrected chi connectivity index (χ3v) is 4.88. The maximum Gasteiger partial charge on any atom is 0.416 e. The number of alkyl halides is 3. The molecular weight excluding hydrogens is 383 g/mol. The van der Waals surface area contributed by atoms with Crippen LogP contribution in [0.25, 0.3) is 0 Å². The van der Waals surface area contributed by atoms with E-state index in [9.17, 15) is 26.4 Å². The first-order valence-corrected chi connectivity index (χ1v) is 9.07. The minimum absolute atomic E-state index is 0.0106. The lowest BCUT2D eigenvalue weighted by atomic mass is 10.1. The van der Waals surface area contributed by atoms with Crippen molar-refractivity contribution in [2.24, 2.45) is 0 Å². The Morgan fingerprint density at radius 3 is 2.37 bits per heavy atom. The van der Waals surface area contributed by atoms with Crippen LogP contribution >= 0.6 is 0 Å². The lowest BCUT2D eigenvalue weighted by Crippen LogP contribution is -2.24.